The van der Waals surface area contributed by atoms with Crippen LogP contribution in [0.25, 0.3) is 5.65 Å². The third-order valence-electron chi connectivity index (χ3n) is 3.70. The van der Waals surface area contributed by atoms with Gasteiger partial charge < -0.3 is 10.0 Å². The molecule has 5 heteroatoms. The predicted octanol–water partition coefficient (Wildman–Crippen LogP) is 1.25. The molecule has 1 aliphatic heterocycles. The zero-order chi connectivity index (χ0) is 12.5. The van der Waals surface area contributed by atoms with Gasteiger partial charge in [-0.2, -0.15) is 9.61 Å². The van der Waals surface area contributed by atoms with Crippen molar-refractivity contribution in [2.24, 2.45) is 5.92 Å². The second-order valence-corrected chi connectivity index (χ2v) is 5.03. The molecule has 0 aliphatic carbocycles. The van der Waals surface area contributed by atoms with Crippen molar-refractivity contribution in [1.29, 1.82) is 0 Å². The Bertz CT molecular complexity index is 543. The van der Waals surface area contributed by atoms with Gasteiger partial charge in [-0.1, -0.05) is 0 Å². The number of aryl methyl sites for hydroxylation is 1. The zero-order valence-corrected chi connectivity index (χ0v) is 10.6. The summed E-state index contributed by atoms with van der Waals surface area (Å²) in [6.45, 7) is 4.34. The third kappa shape index (κ3) is 1.95. The van der Waals surface area contributed by atoms with Gasteiger partial charge in [0.2, 0.25) is 0 Å². The van der Waals surface area contributed by atoms with E-state index in [1.165, 1.54) is 5.56 Å². The largest absolute Gasteiger partial charge is 0.396 e. The van der Waals surface area contributed by atoms with Crippen molar-refractivity contribution in [3.63, 3.8) is 0 Å². The number of piperidine rings is 1. The van der Waals surface area contributed by atoms with Crippen LogP contribution >= 0.6 is 0 Å². The summed E-state index contributed by atoms with van der Waals surface area (Å²) >= 11 is 0. The van der Waals surface area contributed by atoms with Crippen molar-refractivity contribution < 1.29 is 5.11 Å². The van der Waals surface area contributed by atoms with E-state index in [1.807, 2.05) is 10.6 Å². The fourth-order valence-corrected chi connectivity index (χ4v) is 2.61. The van der Waals surface area contributed by atoms with Crippen molar-refractivity contribution in [3.8, 4) is 0 Å². The van der Waals surface area contributed by atoms with Gasteiger partial charge in [0, 0.05) is 19.7 Å². The van der Waals surface area contributed by atoms with E-state index in [0.29, 0.717) is 12.5 Å². The summed E-state index contributed by atoms with van der Waals surface area (Å²) in [4.78, 5) is 6.59. The van der Waals surface area contributed by atoms with Crippen LogP contribution in [-0.4, -0.2) is 39.4 Å². The average molecular weight is 246 g/mol. The van der Waals surface area contributed by atoms with E-state index in [1.54, 1.807) is 6.33 Å². The van der Waals surface area contributed by atoms with E-state index < -0.39 is 0 Å². The lowest BCUT2D eigenvalue weighted by atomic mass is 9.98. The van der Waals surface area contributed by atoms with Crippen LogP contribution in [0.4, 0.5) is 5.82 Å². The monoisotopic (exact) mass is 246 g/mol. The van der Waals surface area contributed by atoms with Crippen molar-refractivity contribution in [2.75, 3.05) is 24.6 Å². The van der Waals surface area contributed by atoms with E-state index >= 15 is 0 Å². The van der Waals surface area contributed by atoms with Gasteiger partial charge in [-0.3, -0.25) is 0 Å². The number of aliphatic hydroxyl groups is 1. The molecular formula is C13H18N4O. The number of hydrogen-bond donors (Lipinski definition) is 1. The first-order valence-corrected chi connectivity index (χ1v) is 6.44. The van der Waals surface area contributed by atoms with Crippen molar-refractivity contribution >= 4 is 11.5 Å². The van der Waals surface area contributed by atoms with E-state index in [9.17, 15) is 5.11 Å². The summed E-state index contributed by atoms with van der Waals surface area (Å²) in [5.41, 5.74) is 2.10. The molecule has 3 heterocycles. The molecule has 0 amide bonds. The van der Waals surface area contributed by atoms with Gasteiger partial charge in [0.1, 0.15) is 12.1 Å². The molecule has 0 saturated carbocycles. The molecule has 5 nitrogen and oxygen atoms in total. The number of aromatic nitrogens is 3. The summed E-state index contributed by atoms with van der Waals surface area (Å²) in [5, 5.41) is 13.5. The Morgan fingerprint density at radius 1 is 1.33 bits per heavy atom. The van der Waals surface area contributed by atoms with Crippen LogP contribution in [0.1, 0.15) is 18.4 Å². The van der Waals surface area contributed by atoms with E-state index in [0.717, 1.165) is 37.4 Å². The molecule has 0 spiro atoms. The zero-order valence-electron chi connectivity index (χ0n) is 10.6. The Morgan fingerprint density at radius 3 is 2.83 bits per heavy atom. The lowest BCUT2D eigenvalue weighted by Crippen LogP contribution is -2.36. The van der Waals surface area contributed by atoms with Crippen LogP contribution < -0.4 is 4.90 Å². The van der Waals surface area contributed by atoms with Crippen LogP contribution in [-0.2, 0) is 0 Å². The fourth-order valence-electron chi connectivity index (χ4n) is 2.61. The highest BCUT2D eigenvalue weighted by Crippen LogP contribution is 2.24. The van der Waals surface area contributed by atoms with E-state index in [-0.39, 0.29) is 0 Å². The smallest absolute Gasteiger partial charge is 0.157 e. The highest BCUT2D eigenvalue weighted by Gasteiger charge is 2.20. The minimum absolute atomic E-state index is 0.306. The summed E-state index contributed by atoms with van der Waals surface area (Å²) in [6, 6.07) is 4.19. The first kappa shape index (κ1) is 11.5. The molecule has 2 aromatic heterocycles. The SMILES string of the molecule is Cc1cc(N2CCC(CO)CC2)n2ncnc2c1. The number of nitrogens with zero attached hydrogens (tertiary/aromatic N) is 4. The lowest BCUT2D eigenvalue weighted by molar-refractivity contribution is 0.202. The van der Waals surface area contributed by atoms with Gasteiger partial charge in [0.05, 0.1) is 0 Å². The number of fused-ring (bicyclic) bond motifs is 1. The first-order chi connectivity index (χ1) is 8.78. The van der Waals surface area contributed by atoms with Crippen LogP contribution in [0.5, 0.6) is 0 Å². The number of rotatable bonds is 2. The van der Waals surface area contributed by atoms with Crippen molar-refractivity contribution in [3.05, 3.63) is 24.0 Å². The molecule has 1 aliphatic rings. The summed E-state index contributed by atoms with van der Waals surface area (Å²) in [7, 11) is 0. The Balaban J connectivity index is 1.92. The minimum Gasteiger partial charge on any atom is -0.396 e. The quantitative estimate of drug-likeness (QED) is 0.866. The Morgan fingerprint density at radius 2 is 2.11 bits per heavy atom. The second-order valence-electron chi connectivity index (χ2n) is 5.03. The molecule has 18 heavy (non-hydrogen) atoms. The van der Waals surface area contributed by atoms with E-state index in [2.05, 4.69) is 28.0 Å². The van der Waals surface area contributed by atoms with Gasteiger partial charge >= 0.3 is 0 Å². The van der Waals surface area contributed by atoms with Gasteiger partial charge in [0.15, 0.2) is 5.65 Å². The molecule has 1 saturated heterocycles. The standard InChI is InChI=1S/C13H18N4O/c1-10-6-12-14-9-15-17(12)13(7-10)16-4-2-11(8-18)3-5-16/h6-7,9,11,18H,2-5,8H2,1H3. The van der Waals surface area contributed by atoms with Crippen LogP contribution in [0.2, 0.25) is 0 Å². The maximum absolute atomic E-state index is 9.18. The molecule has 0 bridgehead atoms. The van der Waals surface area contributed by atoms with Crippen molar-refractivity contribution in [1.82, 2.24) is 14.6 Å². The number of anilines is 1. The highest BCUT2D eigenvalue weighted by molar-refractivity contribution is 5.53. The number of pyridine rings is 1. The second kappa shape index (κ2) is 4.57. The molecular weight excluding hydrogens is 228 g/mol. The molecule has 96 valence electrons. The molecule has 3 rings (SSSR count). The maximum atomic E-state index is 9.18. The van der Waals surface area contributed by atoms with Crippen LogP contribution in [0.3, 0.4) is 0 Å². The molecule has 0 unspecified atom stereocenters. The van der Waals surface area contributed by atoms with Gasteiger partial charge in [0.25, 0.3) is 0 Å². The molecule has 0 atom stereocenters. The molecule has 0 radical (unpaired) electrons. The maximum Gasteiger partial charge on any atom is 0.157 e. The number of hydrogen-bond acceptors (Lipinski definition) is 4. The number of aliphatic hydroxyl groups excluding tert-OH is 1. The molecule has 1 fully saturated rings. The Hall–Kier alpha value is -1.62. The average Bonchev–Trinajstić information content (AvgIpc) is 2.86. The third-order valence-corrected chi connectivity index (χ3v) is 3.70. The van der Waals surface area contributed by atoms with Gasteiger partial charge in [-0.25, -0.2) is 4.98 Å². The summed E-state index contributed by atoms with van der Waals surface area (Å²) < 4.78 is 1.90. The predicted molar refractivity (Wildman–Crippen MR) is 69.7 cm³/mol. The summed E-state index contributed by atoms with van der Waals surface area (Å²) in [5.74, 6) is 1.57. The molecule has 1 N–H and O–H groups in total. The summed E-state index contributed by atoms with van der Waals surface area (Å²) in [6.07, 6.45) is 3.68. The normalized spacial score (nSPS) is 17.6. The van der Waals surface area contributed by atoms with Crippen molar-refractivity contribution in [2.45, 2.75) is 19.8 Å². The highest BCUT2D eigenvalue weighted by atomic mass is 16.3. The van der Waals surface area contributed by atoms with Crippen LogP contribution in [0, 0.1) is 12.8 Å². The first-order valence-electron chi connectivity index (χ1n) is 6.44. The minimum atomic E-state index is 0.306. The topological polar surface area (TPSA) is 53.7 Å². The van der Waals surface area contributed by atoms with Crippen LogP contribution in [0.15, 0.2) is 18.5 Å². The molecule has 0 aromatic carbocycles. The molecule has 2 aromatic rings. The van der Waals surface area contributed by atoms with E-state index in [4.69, 9.17) is 0 Å². The Kier molecular flexibility index (Phi) is 2.91. The fraction of sp³-hybridized carbons (Fsp3) is 0.538. The van der Waals surface area contributed by atoms with Gasteiger partial charge in [-0.05, 0) is 43.4 Å². The Labute approximate surface area is 106 Å². The van der Waals surface area contributed by atoms with Gasteiger partial charge in [-0.15, -0.1) is 0 Å². The lowest BCUT2D eigenvalue weighted by Gasteiger charge is -2.32.